The maximum absolute atomic E-state index is 12.5. The highest BCUT2D eigenvalue weighted by atomic mass is 19.4. The molecule has 19 heavy (non-hydrogen) atoms. The number of carbonyl (C=O) groups excluding carboxylic acids is 1. The van der Waals surface area contributed by atoms with Gasteiger partial charge in [0.15, 0.2) is 0 Å². The summed E-state index contributed by atoms with van der Waals surface area (Å²) in [4.78, 5) is 11.4. The largest absolute Gasteiger partial charge is 0.416 e. The summed E-state index contributed by atoms with van der Waals surface area (Å²) in [7, 11) is 0. The number of benzene rings is 1. The molecule has 0 saturated carbocycles. The van der Waals surface area contributed by atoms with E-state index in [4.69, 9.17) is 0 Å². The Morgan fingerprint density at radius 2 is 2.05 bits per heavy atom. The monoisotopic (exact) mass is 274 g/mol. The van der Waals surface area contributed by atoms with Crippen LogP contribution < -0.4 is 10.6 Å². The Labute approximate surface area is 110 Å². The molecule has 0 aromatic heterocycles. The number of amides is 1. The Morgan fingerprint density at radius 3 is 2.63 bits per heavy atom. The lowest BCUT2D eigenvalue weighted by atomic mass is 10.1. The van der Waals surface area contributed by atoms with Crippen molar-refractivity contribution in [2.75, 3.05) is 6.54 Å². The van der Waals surface area contributed by atoms with Crippen molar-refractivity contribution in [3.05, 3.63) is 35.4 Å². The van der Waals surface area contributed by atoms with Crippen molar-refractivity contribution in [1.29, 1.82) is 0 Å². The Morgan fingerprint density at radius 1 is 1.37 bits per heavy atom. The fourth-order valence-corrected chi connectivity index (χ4v) is 1.55. The minimum Gasteiger partial charge on any atom is -0.355 e. The highest BCUT2D eigenvalue weighted by Gasteiger charge is 2.30. The van der Waals surface area contributed by atoms with Crippen molar-refractivity contribution in [2.45, 2.75) is 32.6 Å². The maximum Gasteiger partial charge on any atom is 0.416 e. The SMILES string of the molecule is CCNC(=O)C(C)NCc1cccc(C(F)(F)F)c1. The van der Waals surface area contributed by atoms with Gasteiger partial charge in [-0.05, 0) is 25.5 Å². The van der Waals surface area contributed by atoms with E-state index in [0.717, 1.165) is 12.1 Å². The average Bonchev–Trinajstić information content (AvgIpc) is 2.35. The molecule has 0 aliphatic heterocycles. The van der Waals surface area contributed by atoms with Gasteiger partial charge in [-0.15, -0.1) is 0 Å². The molecule has 0 heterocycles. The van der Waals surface area contributed by atoms with Gasteiger partial charge in [-0.25, -0.2) is 0 Å². The van der Waals surface area contributed by atoms with Gasteiger partial charge in [0.05, 0.1) is 11.6 Å². The lowest BCUT2D eigenvalue weighted by Crippen LogP contribution is -2.41. The predicted octanol–water partition coefficient (Wildman–Crippen LogP) is 2.32. The number of halogens is 3. The number of likely N-dealkylation sites (N-methyl/N-ethyl adjacent to an activating group) is 1. The van der Waals surface area contributed by atoms with E-state index in [1.54, 1.807) is 19.9 Å². The van der Waals surface area contributed by atoms with Gasteiger partial charge in [-0.2, -0.15) is 13.2 Å². The lowest BCUT2D eigenvalue weighted by Gasteiger charge is -2.14. The van der Waals surface area contributed by atoms with Gasteiger partial charge < -0.3 is 10.6 Å². The molecule has 1 aromatic carbocycles. The Bertz CT molecular complexity index is 432. The van der Waals surface area contributed by atoms with Crippen LogP contribution in [0.4, 0.5) is 13.2 Å². The van der Waals surface area contributed by atoms with E-state index in [-0.39, 0.29) is 12.5 Å². The molecular weight excluding hydrogens is 257 g/mol. The number of rotatable bonds is 5. The standard InChI is InChI=1S/C13H17F3N2O/c1-3-17-12(19)9(2)18-8-10-5-4-6-11(7-10)13(14,15)16/h4-7,9,18H,3,8H2,1-2H3,(H,17,19). The zero-order valence-corrected chi connectivity index (χ0v) is 10.8. The normalized spacial score (nSPS) is 13.1. The van der Waals surface area contributed by atoms with Crippen LogP contribution >= 0.6 is 0 Å². The number of hydrogen-bond donors (Lipinski definition) is 2. The molecular formula is C13H17F3N2O. The van der Waals surface area contributed by atoms with E-state index >= 15 is 0 Å². The summed E-state index contributed by atoms with van der Waals surface area (Å²) in [5, 5.41) is 5.52. The van der Waals surface area contributed by atoms with E-state index in [9.17, 15) is 18.0 Å². The van der Waals surface area contributed by atoms with Crippen LogP contribution in [0, 0.1) is 0 Å². The minimum atomic E-state index is -4.35. The van der Waals surface area contributed by atoms with E-state index in [1.165, 1.54) is 6.07 Å². The van der Waals surface area contributed by atoms with E-state index in [0.29, 0.717) is 12.1 Å². The van der Waals surface area contributed by atoms with Gasteiger partial charge in [0.1, 0.15) is 0 Å². The summed E-state index contributed by atoms with van der Waals surface area (Å²) in [5.41, 5.74) is -0.191. The molecule has 1 amide bonds. The van der Waals surface area contributed by atoms with Crippen molar-refractivity contribution in [3.63, 3.8) is 0 Å². The van der Waals surface area contributed by atoms with Crippen LogP contribution in [0.2, 0.25) is 0 Å². The molecule has 0 spiro atoms. The summed E-state index contributed by atoms with van der Waals surface area (Å²) in [6.07, 6.45) is -4.35. The average molecular weight is 274 g/mol. The van der Waals surface area contributed by atoms with E-state index in [1.807, 2.05) is 0 Å². The summed E-state index contributed by atoms with van der Waals surface area (Å²) in [5.74, 6) is -0.172. The fraction of sp³-hybridized carbons (Fsp3) is 0.462. The highest BCUT2D eigenvalue weighted by Crippen LogP contribution is 2.29. The van der Waals surface area contributed by atoms with Crippen LogP contribution in [0.25, 0.3) is 0 Å². The second-order valence-electron chi connectivity index (χ2n) is 4.20. The quantitative estimate of drug-likeness (QED) is 0.865. The second kappa shape index (κ2) is 6.56. The van der Waals surface area contributed by atoms with Gasteiger partial charge in [-0.1, -0.05) is 18.2 Å². The van der Waals surface area contributed by atoms with Gasteiger partial charge in [0.25, 0.3) is 0 Å². The molecule has 1 rings (SSSR count). The Kier molecular flexibility index (Phi) is 5.35. The highest BCUT2D eigenvalue weighted by molar-refractivity contribution is 5.81. The van der Waals surface area contributed by atoms with Gasteiger partial charge >= 0.3 is 6.18 Å². The van der Waals surface area contributed by atoms with E-state index < -0.39 is 17.8 Å². The van der Waals surface area contributed by atoms with Gasteiger partial charge in [0.2, 0.25) is 5.91 Å². The van der Waals surface area contributed by atoms with Crippen LogP contribution in [-0.2, 0) is 17.5 Å². The minimum absolute atomic E-state index is 0.172. The number of nitrogens with one attached hydrogen (secondary N) is 2. The first-order valence-corrected chi connectivity index (χ1v) is 6.01. The first kappa shape index (κ1) is 15.5. The molecule has 0 aliphatic carbocycles. The second-order valence-corrected chi connectivity index (χ2v) is 4.20. The molecule has 1 unspecified atom stereocenters. The third-order valence-corrected chi connectivity index (χ3v) is 2.61. The third-order valence-electron chi connectivity index (χ3n) is 2.61. The van der Waals surface area contributed by atoms with Crippen molar-refractivity contribution in [1.82, 2.24) is 10.6 Å². The van der Waals surface area contributed by atoms with Crippen molar-refractivity contribution >= 4 is 5.91 Å². The smallest absolute Gasteiger partial charge is 0.355 e. The molecule has 1 atom stereocenters. The third kappa shape index (κ3) is 4.90. The zero-order chi connectivity index (χ0) is 14.5. The first-order valence-electron chi connectivity index (χ1n) is 6.01. The summed E-state index contributed by atoms with van der Waals surface area (Å²) >= 11 is 0. The number of hydrogen-bond acceptors (Lipinski definition) is 2. The summed E-state index contributed by atoms with van der Waals surface area (Å²) in [6.45, 7) is 4.20. The molecule has 106 valence electrons. The lowest BCUT2D eigenvalue weighted by molar-refractivity contribution is -0.137. The summed E-state index contributed by atoms with van der Waals surface area (Å²) < 4.78 is 37.5. The number of alkyl halides is 3. The van der Waals surface area contributed by atoms with Crippen molar-refractivity contribution < 1.29 is 18.0 Å². The summed E-state index contributed by atoms with van der Waals surface area (Å²) in [6, 6.07) is 4.60. The predicted molar refractivity (Wildman–Crippen MR) is 66.4 cm³/mol. The molecule has 1 aromatic rings. The van der Waals surface area contributed by atoms with E-state index in [2.05, 4.69) is 10.6 Å². The maximum atomic E-state index is 12.5. The fourth-order valence-electron chi connectivity index (χ4n) is 1.55. The van der Waals surface area contributed by atoms with Crippen LogP contribution in [0.1, 0.15) is 25.0 Å². The van der Waals surface area contributed by atoms with Crippen molar-refractivity contribution in [3.8, 4) is 0 Å². The molecule has 0 bridgehead atoms. The van der Waals surface area contributed by atoms with Gasteiger partial charge in [-0.3, -0.25) is 4.79 Å². The molecule has 0 saturated heterocycles. The molecule has 0 radical (unpaired) electrons. The molecule has 0 fully saturated rings. The Hall–Kier alpha value is -1.56. The molecule has 3 nitrogen and oxygen atoms in total. The first-order chi connectivity index (χ1) is 8.84. The van der Waals surface area contributed by atoms with Crippen LogP contribution in [0.5, 0.6) is 0 Å². The van der Waals surface area contributed by atoms with Gasteiger partial charge in [0, 0.05) is 13.1 Å². The van der Waals surface area contributed by atoms with Crippen LogP contribution in [0.3, 0.4) is 0 Å². The number of carbonyl (C=O) groups is 1. The van der Waals surface area contributed by atoms with Crippen LogP contribution in [-0.4, -0.2) is 18.5 Å². The topological polar surface area (TPSA) is 41.1 Å². The van der Waals surface area contributed by atoms with Crippen molar-refractivity contribution in [2.24, 2.45) is 0 Å². The Balaban J connectivity index is 2.61. The molecule has 6 heteroatoms. The molecule has 2 N–H and O–H groups in total. The van der Waals surface area contributed by atoms with Crippen LogP contribution in [0.15, 0.2) is 24.3 Å². The zero-order valence-electron chi connectivity index (χ0n) is 10.8. The molecule has 0 aliphatic rings.